The average Bonchev–Trinajstić information content (AvgIpc) is 2.83. The molecule has 0 bridgehead atoms. The Balaban J connectivity index is 1.81. The van der Waals surface area contributed by atoms with Crippen molar-refractivity contribution in [1.29, 1.82) is 0 Å². The Bertz CT molecular complexity index is 391. The molecular weight excluding hydrogens is 269 g/mol. The second-order valence-corrected chi connectivity index (χ2v) is 5.89. The van der Waals surface area contributed by atoms with E-state index >= 15 is 0 Å². The van der Waals surface area contributed by atoms with E-state index < -0.39 is 0 Å². The second kappa shape index (κ2) is 6.65. The lowest BCUT2D eigenvalue weighted by Gasteiger charge is -2.17. The minimum absolute atomic E-state index is 0.317. The van der Waals surface area contributed by atoms with E-state index in [2.05, 4.69) is 5.32 Å². The van der Waals surface area contributed by atoms with Gasteiger partial charge in [0.1, 0.15) is 0 Å². The average molecular weight is 288 g/mol. The Labute approximate surface area is 118 Å². The van der Waals surface area contributed by atoms with Gasteiger partial charge in [0.15, 0.2) is 0 Å². The molecule has 0 amide bonds. The molecule has 4 heteroatoms. The predicted molar refractivity (Wildman–Crippen MR) is 77.5 cm³/mol. The van der Waals surface area contributed by atoms with Gasteiger partial charge in [-0.05, 0) is 30.5 Å². The lowest BCUT2D eigenvalue weighted by molar-refractivity contribution is 0.155. The van der Waals surface area contributed by atoms with E-state index in [0.717, 1.165) is 12.1 Å². The van der Waals surface area contributed by atoms with Gasteiger partial charge in [-0.2, -0.15) is 0 Å². The van der Waals surface area contributed by atoms with Crippen LogP contribution in [0, 0.1) is 5.92 Å². The van der Waals surface area contributed by atoms with Crippen molar-refractivity contribution >= 4 is 28.9 Å². The van der Waals surface area contributed by atoms with Crippen LogP contribution in [0.5, 0.6) is 0 Å². The summed E-state index contributed by atoms with van der Waals surface area (Å²) in [6.07, 6.45) is 5.70. The molecule has 1 atom stereocenters. The van der Waals surface area contributed by atoms with Crippen molar-refractivity contribution in [2.24, 2.45) is 5.92 Å². The lowest BCUT2D eigenvalue weighted by atomic mass is 10.00. The summed E-state index contributed by atoms with van der Waals surface area (Å²) in [7, 11) is 0. The maximum atomic E-state index is 9.99. The summed E-state index contributed by atoms with van der Waals surface area (Å²) in [6.45, 7) is 0.524. The van der Waals surface area contributed by atoms with Gasteiger partial charge >= 0.3 is 0 Å². The fourth-order valence-corrected chi connectivity index (χ4v) is 2.93. The highest BCUT2D eigenvalue weighted by Gasteiger charge is 2.18. The van der Waals surface area contributed by atoms with E-state index in [4.69, 9.17) is 23.2 Å². The largest absolute Gasteiger partial charge is 0.391 e. The monoisotopic (exact) mass is 287 g/mol. The second-order valence-electron chi connectivity index (χ2n) is 5.05. The third kappa shape index (κ3) is 4.04. The normalized spacial score (nSPS) is 17.9. The Morgan fingerprint density at radius 3 is 2.72 bits per heavy atom. The summed E-state index contributed by atoms with van der Waals surface area (Å²) in [5.74, 6) is 0.691. The summed E-state index contributed by atoms with van der Waals surface area (Å²) in [6, 6.07) is 5.30. The maximum Gasteiger partial charge on any atom is 0.0715 e. The van der Waals surface area contributed by atoms with Crippen LogP contribution >= 0.6 is 23.2 Å². The maximum absolute atomic E-state index is 9.99. The van der Waals surface area contributed by atoms with Crippen molar-refractivity contribution in [1.82, 2.24) is 0 Å². The van der Waals surface area contributed by atoms with Gasteiger partial charge in [-0.25, -0.2) is 0 Å². The highest BCUT2D eigenvalue weighted by Crippen LogP contribution is 2.29. The number of hydrogen-bond acceptors (Lipinski definition) is 2. The Kier molecular flexibility index (Phi) is 5.16. The van der Waals surface area contributed by atoms with Gasteiger partial charge < -0.3 is 10.4 Å². The molecule has 1 aromatic rings. The first-order chi connectivity index (χ1) is 8.65. The van der Waals surface area contributed by atoms with E-state index in [1.165, 1.54) is 25.7 Å². The van der Waals surface area contributed by atoms with Crippen molar-refractivity contribution in [2.75, 3.05) is 11.9 Å². The highest BCUT2D eigenvalue weighted by atomic mass is 35.5. The molecule has 100 valence electrons. The molecular formula is C14H19Cl2NO. The number of aliphatic hydroxyl groups is 1. The van der Waals surface area contributed by atoms with Crippen LogP contribution in [-0.4, -0.2) is 17.8 Å². The zero-order chi connectivity index (χ0) is 13.0. The van der Waals surface area contributed by atoms with Gasteiger partial charge in [0.25, 0.3) is 0 Å². The first-order valence-electron chi connectivity index (χ1n) is 6.52. The number of nitrogens with one attached hydrogen (secondary N) is 1. The molecule has 1 unspecified atom stereocenters. The molecule has 0 aliphatic heterocycles. The SMILES string of the molecule is OC(CNc1cc(Cl)ccc1Cl)CC1CCCC1. The first kappa shape index (κ1) is 14.0. The fourth-order valence-electron chi connectivity index (χ4n) is 2.57. The number of halogens is 2. The lowest BCUT2D eigenvalue weighted by Crippen LogP contribution is -2.22. The molecule has 2 N–H and O–H groups in total. The van der Waals surface area contributed by atoms with Crippen LogP contribution in [0.4, 0.5) is 5.69 Å². The fraction of sp³-hybridized carbons (Fsp3) is 0.571. The van der Waals surface area contributed by atoms with Crippen molar-refractivity contribution in [3.8, 4) is 0 Å². The van der Waals surface area contributed by atoms with Gasteiger partial charge in [-0.15, -0.1) is 0 Å². The topological polar surface area (TPSA) is 32.3 Å². The number of rotatable bonds is 5. The minimum Gasteiger partial charge on any atom is -0.391 e. The van der Waals surface area contributed by atoms with Gasteiger partial charge in [0.2, 0.25) is 0 Å². The molecule has 0 aromatic heterocycles. The number of benzene rings is 1. The molecule has 0 heterocycles. The van der Waals surface area contributed by atoms with Crippen molar-refractivity contribution in [3.05, 3.63) is 28.2 Å². The first-order valence-corrected chi connectivity index (χ1v) is 7.27. The van der Waals surface area contributed by atoms with Gasteiger partial charge in [0, 0.05) is 11.6 Å². The molecule has 0 radical (unpaired) electrons. The summed E-state index contributed by atoms with van der Waals surface area (Å²) in [5, 5.41) is 14.4. The van der Waals surface area contributed by atoms with Gasteiger partial charge in [-0.3, -0.25) is 0 Å². The summed E-state index contributed by atoms with van der Waals surface area (Å²) in [5.41, 5.74) is 0.787. The molecule has 1 fully saturated rings. The molecule has 1 aliphatic carbocycles. The van der Waals surface area contributed by atoms with Gasteiger partial charge in [0.05, 0.1) is 16.8 Å². The van der Waals surface area contributed by atoms with Crippen LogP contribution < -0.4 is 5.32 Å². The van der Waals surface area contributed by atoms with E-state index in [1.54, 1.807) is 18.2 Å². The zero-order valence-corrected chi connectivity index (χ0v) is 11.8. The van der Waals surface area contributed by atoms with Gasteiger partial charge in [-0.1, -0.05) is 48.9 Å². The van der Waals surface area contributed by atoms with Crippen LogP contribution in [0.2, 0.25) is 10.0 Å². The number of aliphatic hydroxyl groups excluding tert-OH is 1. The summed E-state index contributed by atoms with van der Waals surface area (Å²) >= 11 is 12.0. The summed E-state index contributed by atoms with van der Waals surface area (Å²) < 4.78 is 0. The Morgan fingerprint density at radius 1 is 1.28 bits per heavy atom. The molecule has 0 saturated heterocycles. The van der Waals surface area contributed by atoms with Crippen LogP contribution in [-0.2, 0) is 0 Å². The van der Waals surface area contributed by atoms with Crippen LogP contribution in [0.25, 0.3) is 0 Å². The number of hydrogen-bond donors (Lipinski definition) is 2. The van der Waals surface area contributed by atoms with E-state index in [-0.39, 0.29) is 6.10 Å². The molecule has 2 nitrogen and oxygen atoms in total. The van der Waals surface area contributed by atoms with Crippen LogP contribution in [0.15, 0.2) is 18.2 Å². The molecule has 18 heavy (non-hydrogen) atoms. The number of anilines is 1. The third-order valence-electron chi connectivity index (χ3n) is 3.54. The summed E-state index contributed by atoms with van der Waals surface area (Å²) in [4.78, 5) is 0. The van der Waals surface area contributed by atoms with Crippen molar-refractivity contribution < 1.29 is 5.11 Å². The zero-order valence-electron chi connectivity index (χ0n) is 10.3. The van der Waals surface area contributed by atoms with Crippen molar-refractivity contribution in [2.45, 2.75) is 38.2 Å². The molecule has 0 spiro atoms. The minimum atomic E-state index is -0.317. The molecule has 2 rings (SSSR count). The molecule has 1 aromatic carbocycles. The van der Waals surface area contributed by atoms with Crippen molar-refractivity contribution in [3.63, 3.8) is 0 Å². The van der Waals surface area contributed by atoms with E-state index in [1.807, 2.05) is 0 Å². The third-order valence-corrected chi connectivity index (χ3v) is 4.10. The Hall–Kier alpha value is -0.440. The predicted octanol–water partition coefficient (Wildman–Crippen LogP) is 4.35. The van der Waals surface area contributed by atoms with E-state index in [9.17, 15) is 5.11 Å². The quantitative estimate of drug-likeness (QED) is 0.844. The van der Waals surface area contributed by atoms with Crippen LogP contribution in [0.1, 0.15) is 32.1 Å². The Morgan fingerprint density at radius 2 is 2.00 bits per heavy atom. The van der Waals surface area contributed by atoms with E-state index in [0.29, 0.717) is 22.5 Å². The smallest absolute Gasteiger partial charge is 0.0715 e. The standard InChI is InChI=1S/C14H19Cl2NO/c15-11-5-6-13(16)14(8-11)17-9-12(18)7-10-3-1-2-4-10/h5-6,8,10,12,17-18H,1-4,7,9H2. The molecule has 1 aliphatic rings. The molecule has 1 saturated carbocycles. The van der Waals surface area contributed by atoms with Crippen LogP contribution in [0.3, 0.4) is 0 Å². The highest BCUT2D eigenvalue weighted by molar-refractivity contribution is 6.35.